The largest absolute Gasteiger partial charge is 0.467 e. The number of aryl methyl sites for hydroxylation is 1. The van der Waals surface area contributed by atoms with E-state index in [-0.39, 0.29) is 24.8 Å². The zero-order valence-electron chi connectivity index (χ0n) is 20.5. The fraction of sp³-hybridized carbons (Fsp3) is 0.250. The molecule has 2 amide bonds. The Hall–Kier alpha value is -4.33. The number of hydrogen-bond donors (Lipinski definition) is 2. The Morgan fingerprint density at radius 1 is 1.00 bits per heavy atom. The molecule has 4 aromatic rings. The van der Waals surface area contributed by atoms with E-state index < -0.39 is 11.7 Å². The third kappa shape index (κ3) is 6.21. The third-order valence-corrected chi connectivity index (χ3v) is 5.42. The number of amides is 2. The summed E-state index contributed by atoms with van der Waals surface area (Å²) in [5.74, 6) is 0.190. The molecule has 4 rings (SSSR count). The minimum atomic E-state index is -0.618. The van der Waals surface area contributed by atoms with Crippen LogP contribution < -0.4 is 10.6 Å². The Morgan fingerprint density at radius 2 is 1.81 bits per heavy atom. The van der Waals surface area contributed by atoms with Gasteiger partial charge in [0.1, 0.15) is 11.4 Å². The Balaban J connectivity index is 1.39. The molecule has 186 valence electrons. The van der Waals surface area contributed by atoms with E-state index in [0.29, 0.717) is 23.4 Å². The van der Waals surface area contributed by atoms with Crippen LogP contribution >= 0.6 is 0 Å². The maximum absolute atomic E-state index is 12.7. The van der Waals surface area contributed by atoms with Crippen LogP contribution in [0.3, 0.4) is 0 Å². The number of benzene rings is 2. The molecule has 0 bridgehead atoms. The SMILES string of the molecule is CC(C)(C)OC(=O)n1cc(CCC(=O)Nc2cccc(C(=O)NCc3ccco3)c2)c2ccccc21. The van der Waals surface area contributed by atoms with Gasteiger partial charge in [-0.05, 0) is 69.2 Å². The van der Waals surface area contributed by atoms with Crippen molar-refractivity contribution in [2.75, 3.05) is 5.32 Å². The van der Waals surface area contributed by atoms with Crippen molar-refractivity contribution < 1.29 is 23.5 Å². The summed E-state index contributed by atoms with van der Waals surface area (Å²) < 4.78 is 12.2. The summed E-state index contributed by atoms with van der Waals surface area (Å²) in [5, 5.41) is 6.53. The molecule has 0 aliphatic rings. The van der Waals surface area contributed by atoms with Gasteiger partial charge in [0, 0.05) is 29.3 Å². The molecule has 8 heteroatoms. The van der Waals surface area contributed by atoms with Crippen molar-refractivity contribution in [3.05, 3.63) is 90.0 Å². The standard InChI is InChI=1S/C28H29N3O5/c1-28(2,3)36-27(34)31-18-20(23-11-4-5-12-24(23)31)13-14-25(32)30-21-9-6-8-19(16-21)26(33)29-17-22-10-7-15-35-22/h4-12,15-16,18H,13-14,17H2,1-3H3,(H,29,33)(H,30,32). The summed E-state index contributed by atoms with van der Waals surface area (Å²) in [6.45, 7) is 5.73. The Morgan fingerprint density at radius 3 is 2.56 bits per heavy atom. The third-order valence-electron chi connectivity index (χ3n) is 5.42. The molecule has 2 heterocycles. The first-order valence-electron chi connectivity index (χ1n) is 11.7. The number of nitrogens with one attached hydrogen (secondary N) is 2. The molecular formula is C28H29N3O5. The lowest BCUT2D eigenvalue weighted by Gasteiger charge is -2.19. The van der Waals surface area contributed by atoms with E-state index in [0.717, 1.165) is 16.5 Å². The molecule has 0 aliphatic heterocycles. The van der Waals surface area contributed by atoms with Gasteiger partial charge in [0.05, 0.1) is 18.3 Å². The molecular weight excluding hydrogens is 458 g/mol. The van der Waals surface area contributed by atoms with Gasteiger partial charge in [-0.1, -0.05) is 24.3 Å². The summed E-state index contributed by atoms with van der Waals surface area (Å²) in [4.78, 5) is 37.8. The Bertz CT molecular complexity index is 1380. The molecule has 0 atom stereocenters. The number of fused-ring (bicyclic) bond motifs is 1. The minimum Gasteiger partial charge on any atom is -0.467 e. The smallest absolute Gasteiger partial charge is 0.419 e. The summed E-state index contributed by atoms with van der Waals surface area (Å²) >= 11 is 0. The van der Waals surface area contributed by atoms with Crippen molar-refractivity contribution in [3.63, 3.8) is 0 Å². The second kappa shape index (κ2) is 10.5. The van der Waals surface area contributed by atoms with Gasteiger partial charge >= 0.3 is 6.09 Å². The predicted molar refractivity (Wildman–Crippen MR) is 137 cm³/mol. The minimum absolute atomic E-state index is 0.197. The van der Waals surface area contributed by atoms with E-state index in [1.165, 1.54) is 4.57 Å². The lowest BCUT2D eigenvalue weighted by Crippen LogP contribution is -2.26. The van der Waals surface area contributed by atoms with Crippen molar-refractivity contribution in [1.82, 2.24) is 9.88 Å². The number of rotatable bonds is 7. The van der Waals surface area contributed by atoms with Gasteiger partial charge in [0.2, 0.25) is 5.91 Å². The zero-order valence-corrected chi connectivity index (χ0v) is 20.5. The maximum Gasteiger partial charge on any atom is 0.419 e. The first kappa shape index (κ1) is 24.8. The first-order valence-corrected chi connectivity index (χ1v) is 11.7. The van der Waals surface area contributed by atoms with Crippen LogP contribution in [0, 0.1) is 0 Å². The van der Waals surface area contributed by atoms with Gasteiger partial charge in [-0.2, -0.15) is 0 Å². The monoisotopic (exact) mass is 487 g/mol. The number of carbonyl (C=O) groups is 3. The zero-order chi connectivity index (χ0) is 25.7. The molecule has 0 aliphatic carbocycles. The van der Waals surface area contributed by atoms with Gasteiger partial charge in [0.25, 0.3) is 5.91 Å². The topological polar surface area (TPSA) is 103 Å². The van der Waals surface area contributed by atoms with Crippen molar-refractivity contribution in [3.8, 4) is 0 Å². The molecule has 2 aromatic heterocycles. The number of anilines is 1. The van der Waals surface area contributed by atoms with Crippen LogP contribution in [0.5, 0.6) is 0 Å². The first-order chi connectivity index (χ1) is 17.2. The van der Waals surface area contributed by atoms with Crippen LogP contribution in [-0.2, 0) is 22.5 Å². The van der Waals surface area contributed by atoms with E-state index in [2.05, 4.69) is 10.6 Å². The fourth-order valence-corrected chi connectivity index (χ4v) is 3.80. The van der Waals surface area contributed by atoms with Gasteiger partial charge in [-0.3, -0.25) is 14.2 Å². The number of carbonyl (C=O) groups excluding carboxylic acids is 3. The number of aromatic nitrogens is 1. The van der Waals surface area contributed by atoms with Gasteiger partial charge in [0.15, 0.2) is 0 Å². The molecule has 36 heavy (non-hydrogen) atoms. The quantitative estimate of drug-likeness (QED) is 0.357. The highest BCUT2D eigenvalue weighted by Gasteiger charge is 2.21. The summed E-state index contributed by atoms with van der Waals surface area (Å²) in [5.41, 5.74) is 1.95. The lowest BCUT2D eigenvalue weighted by atomic mass is 10.1. The number of para-hydroxylation sites is 1. The van der Waals surface area contributed by atoms with E-state index in [9.17, 15) is 14.4 Å². The highest BCUT2D eigenvalue weighted by Crippen LogP contribution is 2.24. The van der Waals surface area contributed by atoms with Crippen LogP contribution in [0.25, 0.3) is 10.9 Å². The van der Waals surface area contributed by atoms with Crippen molar-refractivity contribution >= 4 is 34.5 Å². The molecule has 2 N–H and O–H groups in total. The Labute approximate surface area is 209 Å². The summed E-state index contributed by atoms with van der Waals surface area (Å²) in [7, 11) is 0. The number of furan rings is 1. The van der Waals surface area contributed by atoms with Crippen molar-refractivity contribution in [1.29, 1.82) is 0 Å². The maximum atomic E-state index is 12.7. The fourth-order valence-electron chi connectivity index (χ4n) is 3.80. The number of hydrogen-bond acceptors (Lipinski definition) is 5. The van der Waals surface area contributed by atoms with Crippen molar-refractivity contribution in [2.24, 2.45) is 0 Å². The highest BCUT2D eigenvalue weighted by atomic mass is 16.6. The van der Waals surface area contributed by atoms with E-state index in [4.69, 9.17) is 9.15 Å². The highest BCUT2D eigenvalue weighted by molar-refractivity contribution is 5.97. The molecule has 0 spiro atoms. The average Bonchev–Trinajstić information content (AvgIpc) is 3.48. The van der Waals surface area contributed by atoms with Crippen LogP contribution in [0.15, 0.2) is 77.5 Å². The summed E-state index contributed by atoms with van der Waals surface area (Å²) in [6.07, 6.45) is 3.46. The Kier molecular flexibility index (Phi) is 7.24. The van der Waals surface area contributed by atoms with Crippen LogP contribution in [0.4, 0.5) is 10.5 Å². The van der Waals surface area contributed by atoms with Gasteiger partial charge < -0.3 is 19.8 Å². The lowest BCUT2D eigenvalue weighted by molar-refractivity contribution is -0.116. The van der Waals surface area contributed by atoms with Crippen molar-refractivity contribution in [2.45, 2.75) is 45.8 Å². The van der Waals surface area contributed by atoms with E-state index >= 15 is 0 Å². The van der Waals surface area contributed by atoms with Crippen LogP contribution in [-0.4, -0.2) is 28.1 Å². The van der Waals surface area contributed by atoms with Crippen LogP contribution in [0.1, 0.15) is 48.9 Å². The van der Waals surface area contributed by atoms with Gasteiger partial charge in [-0.15, -0.1) is 0 Å². The molecule has 8 nitrogen and oxygen atoms in total. The second-order valence-electron chi connectivity index (χ2n) is 9.41. The molecule has 2 aromatic carbocycles. The van der Waals surface area contributed by atoms with E-state index in [1.807, 2.05) is 45.0 Å². The number of nitrogens with zero attached hydrogens (tertiary/aromatic N) is 1. The normalized spacial score (nSPS) is 11.3. The second-order valence-corrected chi connectivity index (χ2v) is 9.41. The van der Waals surface area contributed by atoms with Crippen LogP contribution in [0.2, 0.25) is 0 Å². The predicted octanol–water partition coefficient (Wildman–Crippen LogP) is 5.52. The van der Waals surface area contributed by atoms with Gasteiger partial charge in [-0.25, -0.2) is 4.79 Å². The molecule has 0 saturated carbocycles. The molecule has 0 radical (unpaired) electrons. The molecule has 0 fully saturated rings. The molecule has 0 saturated heterocycles. The molecule has 0 unspecified atom stereocenters. The van der Waals surface area contributed by atoms with E-state index in [1.54, 1.807) is 48.9 Å². The number of ether oxygens (including phenoxy) is 1. The summed E-state index contributed by atoms with van der Waals surface area (Å²) in [6, 6.07) is 17.8. The average molecular weight is 488 g/mol.